The topological polar surface area (TPSA) is 27.3 Å². The Morgan fingerprint density at radius 2 is 1.31 bits per heavy atom. The Morgan fingerprint density at radius 3 is 1.92 bits per heavy atom. The molecule has 1 heterocycles. The van der Waals surface area contributed by atoms with Crippen LogP contribution in [-0.4, -0.2) is 10.1 Å². The number of hydrogen-bond acceptors (Lipinski definition) is 2. The second kappa shape index (κ2) is 7.68. The molecule has 1 aliphatic heterocycles. The van der Waals surface area contributed by atoms with E-state index in [1.165, 1.54) is 27.8 Å². The maximum atomic E-state index is 5.51. The summed E-state index contributed by atoms with van der Waals surface area (Å²) in [5.74, 6) is 0. The molecule has 0 atom stereocenters. The van der Waals surface area contributed by atoms with E-state index in [0.29, 0.717) is 11.7 Å². The highest BCUT2D eigenvalue weighted by Gasteiger charge is 2.19. The molecule has 0 saturated carbocycles. The van der Waals surface area contributed by atoms with Gasteiger partial charge in [0, 0.05) is 19.6 Å². The first kappa shape index (κ1) is 16.8. The molecule has 4 rings (SSSR count). The van der Waals surface area contributed by atoms with Gasteiger partial charge in [-0.3, -0.25) is 5.43 Å². The maximum absolute atomic E-state index is 5.51. The molecule has 0 spiro atoms. The third kappa shape index (κ3) is 3.77. The molecule has 0 saturated heterocycles. The molecule has 3 aromatic rings. The number of benzene rings is 3. The summed E-state index contributed by atoms with van der Waals surface area (Å²) >= 11 is 5.51. The average Bonchev–Trinajstić information content (AvgIpc) is 2.83. The molecule has 0 aliphatic carbocycles. The van der Waals surface area contributed by atoms with E-state index in [4.69, 9.17) is 12.2 Å². The van der Waals surface area contributed by atoms with Crippen molar-refractivity contribution in [3.8, 4) is 11.1 Å². The number of nitrogens with zero attached hydrogens (tertiary/aromatic N) is 1. The largest absolute Gasteiger partial charge is 0.358 e. The van der Waals surface area contributed by atoms with E-state index in [9.17, 15) is 0 Å². The molecule has 1 aliphatic rings. The van der Waals surface area contributed by atoms with Gasteiger partial charge < -0.3 is 5.32 Å². The number of nitrogens with one attached hydrogen (secondary N) is 2. The van der Waals surface area contributed by atoms with Crippen LogP contribution in [0.3, 0.4) is 0 Å². The molecular formula is C22H21N3S. The molecule has 0 aromatic heterocycles. The second-order valence-corrected chi connectivity index (χ2v) is 6.86. The Morgan fingerprint density at radius 1 is 0.769 bits per heavy atom. The summed E-state index contributed by atoms with van der Waals surface area (Å²) in [6.45, 7) is 2.32. The van der Waals surface area contributed by atoms with E-state index >= 15 is 0 Å². The third-order valence-electron chi connectivity index (χ3n) is 4.60. The fourth-order valence-corrected chi connectivity index (χ4v) is 3.55. The van der Waals surface area contributed by atoms with Gasteiger partial charge in [-0.1, -0.05) is 78.9 Å². The van der Waals surface area contributed by atoms with E-state index in [1.807, 2.05) is 18.2 Å². The summed E-state index contributed by atoms with van der Waals surface area (Å²) < 4.78 is 0. The van der Waals surface area contributed by atoms with Crippen molar-refractivity contribution in [2.75, 3.05) is 0 Å². The first-order valence-electron chi connectivity index (χ1n) is 8.79. The van der Waals surface area contributed by atoms with Crippen LogP contribution in [0, 0.1) is 0 Å². The van der Waals surface area contributed by atoms with Crippen LogP contribution >= 0.6 is 12.2 Å². The monoisotopic (exact) mass is 359 g/mol. The van der Waals surface area contributed by atoms with Crippen molar-refractivity contribution in [3.63, 3.8) is 0 Å². The lowest BCUT2D eigenvalue weighted by molar-refractivity contribution is 0.217. The zero-order chi connectivity index (χ0) is 17.8. The highest BCUT2D eigenvalue weighted by molar-refractivity contribution is 7.80. The van der Waals surface area contributed by atoms with Crippen LogP contribution in [0.5, 0.6) is 0 Å². The van der Waals surface area contributed by atoms with Crippen LogP contribution < -0.4 is 10.7 Å². The molecule has 3 aromatic carbocycles. The number of hydrazine groups is 1. The standard InChI is InChI=1S/C22H21N3S/c26-22(23-14-17-8-2-1-3-9-17)24-25-15-18-10-4-6-12-20(18)21-13-7-5-11-19(21)16-25/h1-13H,14-16H2,(H2,23,24,26). The van der Waals surface area contributed by atoms with Crippen LogP contribution in [0.2, 0.25) is 0 Å². The van der Waals surface area contributed by atoms with Crippen molar-refractivity contribution in [3.05, 3.63) is 95.6 Å². The summed E-state index contributed by atoms with van der Waals surface area (Å²) in [5, 5.41) is 6.11. The molecule has 26 heavy (non-hydrogen) atoms. The normalized spacial score (nSPS) is 13.2. The van der Waals surface area contributed by atoms with Gasteiger partial charge in [0.1, 0.15) is 0 Å². The fourth-order valence-electron chi connectivity index (χ4n) is 3.35. The van der Waals surface area contributed by atoms with Crippen LogP contribution in [-0.2, 0) is 19.6 Å². The van der Waals surface area contributed by atoms with Crippen molar-refractivity contribution >= 4 is 17.3 Å². The molecule has 2 N–H and O–H groups in total. The van der Waals surface area contributed by atoms with Crippen LogP contribution in [0.25, 0.3) is 11.1 Å². The van der Waals surface area contributed by atoms with Gasteiger partial charge in [0.2, 0.25) is 0 Å². The summed E-state index contributed by atoms with van der Waals surface area (Å²) in [6, 6.07) is 27.4. The van der Waals surface area contributed by atoms with E-state index < -0.39 is 0 Å². The van der Waals surface area contributed by atoms with Gasteiger partial charge in [-0.15, -0.1) is 0 Å². The lowest BCUT2D eigenvalue weighted by Gasteiger charge is -2.24. The van der Waals surface area contributed by atoms with Gasteiger partial charge in [0.15, 0.2) is 5.11 Å². The van der Waals surface area contributed by atoms with Crippen LogP contribution in [0.4, 0.5) is 0 Å². The number of thiocarbonyl (C=S) groups is 1. The zero-order valence-electron chi connectivity index (χ0n) is 14.5. The Labute approximate surface area is 159 Å². The Bertz CT molecular complexity index is 861. The molecule has 0 bridgehead atoms. The molecule has 0 unspecified atom stereocenters. The summed E-state index contributed by atoms with van der Waals surface area (Å²) in [4.78, 5) is 0. The lowest BCUT2D eigenvalue weighted by atomic mass is 9.97. The van der Waals surface area contributed by atoms with E-state index in [-0.39, 0.29) is 0 Å². The summed E-state index contributed by atoms with van der Waals surface area (Å²) in [5.41, 5.74) is 9.78. The van der Waals surface area contributed by atoms with Crippen LogP contribution in [0.15, 0.2) is 78.9 Å². The maximum Gasteiger partial charge on any atom is 0.181 e. The van der Waals surface area contributed by atoms with Crippen molar-refractivity contribution in [2.24, 2.45) is 0 Å². The van der Waals surface area contributed by atoms with Crippen molar-refractivity contribution in [1.82, 2.24) is 15.8 Å². The number of fused-ring (bicyclic) bond motifs is 3. The predicted octanol–water partition coefficient (Wildman–Crippen LogP) is 4.25. The first-order valence-corrected chi connectivity index (χ1v) is 9.20. The molecule has 0 radical (unpaired) electrons. The minimum Gasteiger partial charge on any atom is -0.358 e. The highest BCUT2D eigenvalue weighted by Crippen LogP contribution is 2.31. The zero-order valence-corrected chi connectivity index (χ0v) is 15.3. The van der Waals surface area contributed by atoms with E-state index in [1.54, 1.807) is 0 Å². The average molecular weight is 359 g/mol. The van der Waals surface area contributed by atoms with Gasteiger partial charge in [-0.25, -0.2) is 5.01 Å². The molecular weight excluding hydrogens is 338 g/mol. The SMILES string of the molecule is S=C(NCc1ccccc1)NN1Cc2ccccc2-c2ccccc2C1. The smallest absolute Gasteiger partial charge is 0.181 e. The minimum atomic E-state index is 0.644. The molecule has 3 nitrogen and oxygen atoms in total. The number of rotatable bonds is 3. The van der Waals surface area contributed by atoms with Gasteiger partial charge in [-0.05, 0) is 40.0 Å². The fraction of sp³-hybridized carbons (Fsp3) is 0.136. The van der Waals surface area contributed by atoms with Gasteiger partial charge in [-0.2, -0.15) is 0 Å². The van der Waals surface area contributed by atoms with Crippen LogP contribution in [0.1, 0.15) is 16.7 Å². The van der Waals surface area contributed by atoms with E-state index in [2.05, 4.69) is 76.4 Å². The highest BCUT2D eigenvalue weighted by atomic mass is 32.1. The van der Waals surface area contributed by atoms with E-state index in [0.717, 1.165) is 13.1 Å². The molecule has 130 valence electrons. The van der Waals surface area contributed by atoms with Gasteiger partial charge in [0.05, 0.1) is 0 Å². The molecule has 0 amide bonds. The first-order chi connectivity index (χ1) is 12.8. The van der Waals surface area contributed by atoms with Crippen molar-refractivity contribution in [1.29, 1.82) is 0 Å². The minimum absolute atomic E-state index is 0.644. The quantitative estimate of drug-likeness (QED) is 0.684. The lowest BCUT2D eigenvalue weighted by Crippen LogP contribution is -2.45. The molecule has 0 fully saturated rings. The Balaban J connectivity index is 1.49. The van der Waals surface area contributed by atoms with Crippen molar-refractivity contribution < 1.29 is 0 Å². The third-order valence-corrected chi connectivity index (χ3v) is 4.84. The molecule has 4 heteroatoms. The summed E-state index contributed by atoms with van der Waals surface area (Å²) in [6.07, 6.45) is 0. The Hall–Kier alpha value is -2.69. The van der Waals surface area contributed by atoms with Gasteiger partial charge in [0.25, 0.3) is 0 Å². The second-order valence-electron chi connectivity index (χ2n) is 6.45. The predicted molar refractivity (Wildman–Crippen MR) is 110 cm³/mol. The summed E-state index contributed by atoms with van der Waals surface area (Å²) in [7, 11) is 0. The number of hydrogen-bond donors (Lipinski definition) is 2. The Kier molecular flexibility index (Phi) is 4.95. The van der Waals surface area contributed by atoms with Crippen molar-refractivity contribution in [2.45, 2.75) is 19.6 Å². The van der Waals surface area contributed by atoms with Gasteiger partial charge >= 0.3 is 0 Å².